The number of benzene rings is 2. The van der Waals surface area contributed by atoms with Gasteiger partial charge in [0.1, 0.15) is 0 Å². The molecule has 1 aliphatic rings. The van der Waals surface area contributed by atoms with Gasteiger partial charge in [-0.15, -0.1) is 0 Å². The van der Waals surface area contributed by atoms with E-state index in [0.717, 1.165) is 35.6 Å². The Balaban J connectivity index is 1.82. The molecule has 0 saturated carbocycles. The quantitative estimate of drug-likeness (QED) is 0.657. The first-order valence-corrected chi connectivity index (χ1v) is 11.0. The van der Waals surface area contributed by atoms with Crippen LogP contribution in [0.25, 0.3) is 10.9 Å². The van der Waals surface area contributed by atoms with Crippen LogP contribution in [0.15, 0.2) is 53.4 Å². The lowest BCUT2D eigenvalue weighted by Crippen LogP contribution is -2.44. The molecule has 0 bridgehead atoms. The fourth-order valence-corrected chi connectivity index (χ4v) is 4.61. The molecule has 1 N–H and O–H groups in total. The number of nitrogens with zero attached hydrogens (tertiary/aromatic N) is 4. The Labute approximate surface area is 177 Å². The Morgan fingerprint density at radius 3 is 2.45 bits per heavy atom. The highest BCUT2D eigenvalue weighted by Gasteiger charge is 2.33. The highest BCUT2D eigenvalue weighted by molar-refractivity contribution is 7.92. The van der Waals surface area contributed by atoms with Gasteiger partial charge in [-0.1, -0.05) is 18.2 Å². The van der Waals surface area contributed by atoms with E-state index in [1.54, 1.807) is 24.3 Å². The largest absolute Gasteiger partial charge is 0.416 e. The first-order valence-electron chi connectivity index (χ1n) is 9.56. The number of sulfonamides is 1. The SMILES string of the molecule is CN(c1nc(N2CCNCC2)nc2ccccc12)S(=O)(=O)c1cccc(C(F)(F)F)c1. The summed E-state index contributed by atoms with van der Waals surface area (Å²) in [5.74, 6) is 0.484. The monoisotopic (exact) mass is 451 g/mol. The molecule has 2 heterocycles. The summed E-state index contributed by atoms with van der Waals surface area (Å²) in [4.78, 5) is 10.5. The van der Waals surface area contributed by atoms with Gasteiger partial charge in [-0.05, 0) is 30.3 Å². The Bertz CT molecular complexity index is 1210. The van der Waals surface area contributed by atoms with Crippen LogP contribution in [0.5, 0.6) is 0 Å². The van der Waals surface area contributed by atoms with E-state index in [-0.39, 0.29) is 5.82 Å². The lowest BCUT2D eigenvalue weighted by Gasteiger charge is -2.29. The van der Waals surface area contributed by atoms with Crippen molar-refractivity contribution in [3.05, 3.63) is 54.1 Å². The zero-order chi connectivity index (χ0) is 22.2. The van der Waals surface area contributed by atoms with Gasteiger partial charge in [0.15, 0.2) is 5.82 Å². The first-order chi connectivity index (χ1) is 14.7. The molecule has 1 aromatic heterocycles. The molecule has 0 atom stereocenters. The minimum Gasteiger partial charge on any atom is -0.338 e. The van der Waals surface area contributed by atoms with Gasteiger partial charge in [0.2, 0.25) is 5.95 Å². The fourth-order valence-electron chi connectivity index (χ4n) is 3.40. The molecule has 7 nitrogen and oxygen atoms in total. The minimum atomic E-state index is -4.65. The summed E-state index contributed by atoms with van der Waals surface area (Å²) < 4.78 is 66.7. The van der Waals surface area contributed by atoms with Crippen molar-refractivity contribution in [1.29, 1.82) is 0 Å². The van der Waals surface area contributed by atoms with Gasteiger partial charge < -0.3 is 10.2 Å². The van der Waals surface area contributed by atoms with Crippen LogP contribution in [0.1, 0.15) is 5.56 Å². The van der Waals surface area contributed by atoms with Crippen LogP contribution in [-0.2, 0) is 16.2 Å². The Morgan fingerprint density at radius 1 is 1.03 bits per heavy atom. The number of alkyl halides is 3. The molecular formula is C20H20F3N5O2S. The van der Waals surface area contributed by atoms with Gasteiger partial charge in [-0.25, -0.2) is 13.4 Å². The number of anilines is 2. The third-order valence-electron chi connectivity index (χ3n) is 5.09. The second-order valence-corrected chi connectivity index (χ2v) is 9.07. The van der Waals surface area contributed by atoms with E-state index in [0.29, 0.717) is 36.0 Å². The lowest BCUT2D eigenvalue weighted by atomic mass is 10.2. The molecule has 164 valence electrons. The molecule has 1 fully saturated rings. The van der Waals surface area contributed by atoms with Crippen molar-refractivity contribution >= 4 is 32.7 Å². The zero-order valence-corrected chi connectivity index (χ0v) is 17.4. The zero-order valence-electron chi connectivity index (χ0n) is 16.6. The normalized spacial score (nSPS) is 15.3. The number of hydrogen-bond donors (Lipinski definition) is 1. The highest BCUT2D eigenvalue weighted by Crippen LogP contribution is 2.33. The standard InChI is InChI=1S/C20H20F3N5O2S/c1-27(31(29,30)15-6-4-5-14(13-15)20(21,22)23)18-16-7-2-3-8-17(16)25-19(26-18)28-11-9-24-10-12-28/h2-8,13,24H,9-12H2,1H3. The Kier molecular flexibility index (Phi) is 5.48. The molecule has 0 amide bonds. The minimum absolute atomic E-state index is 0.108. The van der Waals surface area contributed by atoms with Crippen LogP contribution in [-0.4, -0.2) is 51.6 Å². The van der Waals surface area contributed by atoms with Crippen LogP contribution >= 0.6 is 0 Å². The summed E-state index contributed by atoms with van der Waals surface area (Å²) in [7, 11) is -3.02. The summed E-state index contributed by atoms with van der Waals surface area (Å²) in [5, 5.41) is 3.71. The van der Waals surface area contributed by atoms with E-state index in [2.05, 4.69) is 15.3 Å². The number of halogens is 3. The number of hydrogen-bond acceptors (Lipinski definition) is 6. The van der Waals surface area contributed by atoms with Crippen LogP contribution in [0.2, 0.25) is 0 Å². The maximum absolute atomic E-state index is 13.2. The summed E-state index contributed by atoms with van der Waals surface area (Å²) in [6.07, 6.45) is -4.65. The summed E-state index contributed by atoms with van der Waals surface area (Å²) in [5.41, 5.74) is -0.483. The predicted molar refractivity (Wildman–Crippen MR) is 112 cm³/mol. The summed E-state index contributed by atoms with van der Waals surface area (Å²) in [6.45, 7) is 2.79. The predicted octanol–water partition coefficient (Wildman–Crippen LogP) is 2.88. The number of rotatable bonds is 4. The third-order valence-corrected chi connectivity index (χ3v) is 6.83. The van der Waals surface area contributed by atoms with Gasteiger partial charge in [0, 0.05) is 38.6 Å². The second kappa shape index (κ2) is 7.97. The number of nitrogens with one attached hydrogen (secondary N) is 1. The maximum Gasteiger partial charge on any atom is 0.416 e. The third kappa shape index (κ3) is 4.15. The molecule has 0 spiro atoms. The number of piperazine rings is 1. The van der Waals surface area contributed by atoms with E-state index in [1.165, 1.54) is 7.05 Å². The van der Waals surface area contributed by atoms with Gasteiger partial charge in [-0.2, -0.15) is 18.2 Å². The van der Waals surface area contributed by atoms with Gasteiger partial charge in [0.25, 0.3) is 10.0 Å². The van der Waals surface area contributed by atoms with Crippen molar-refractivity contribution in [3.63, 3.8) is 0 Å². The topological polar surface area (TPSA) is 78.4 Å². The number of aromatic nitrogens is 2. The van der Waals surface area contributed by atoms with Crippen molar-refractivity contribution in [2.75, 3.05) is 42.4 Å². The molecule has 4 rings (SSSR count). The smallest absolute Gasteiger partial charge is 0.338 e. The Morgan fingerprint density at radius 2 is 1.74 bits per heavy atom. The van der Waals surface area contributed by atoms with E-state index in [4.69, 9.17) is 0 Å². The molecule has 0 aliphatic carbocycles. The summed E-state index contributed by atoms with van der Waals surface area (Å²) >= 11 is 0. The van der Waals surface area contributed by atoms with E-state index >= 15 is 0 Å². The summed E-state index contributed by atoms with van der Waals surface area (Å²) in [6, 6.07) is 10.6. The molecule has 0 radical (unpaired) electrons. The van der Waals surface area contributed by atoms with Crippen LogP contribution in [0, 0.1) is 0 Å². The fraction of sp³-hybridized carbons (Fsp3) is 0.300. The molecule has 11 heteroatoms. The van der Waals surface area contributed by atoms with Crippen molar-refractivity contribution in [3.8, 4) is 0 Å². The molecule has 0 unspecified atom stereocenters. The van der Waals surface area contributed by atoms with Crippen molar-refractivity contribution < 1.29 is 21.6 Å². The average Bonchev–Trinajstić information content (AvgIpc) is 2.78. The molecule has 2 aromatic carbocycles. The van der Waals surface area contributed by atoms with Gasteiger partial charge >= 0.3 is 6.18 Å². The van der Waals surface area contributed by atoms with Crippen LogP contribution in [0.4, 0.5) is 24.9 Å². The van der Waals surface area contributed by atoms with E-state index < -0.39 is 26.7 Å². The first kappa shape index (κ1) is 21.3. The molecule has 1 aliphatic heterocycles. The van der Waals surface area contributed by atoms with Crippen molar-refractivity contribution in [2.24, 2.45) is 0 Å². The van der Waals surface area contributed by atoms with Gasteiger partial charge in [0.05, 0.1) is 16.0 Å². The van der Waals surface area contributed by atoms with Crippen molar-refractivity contribution in [2.45, 2.75) is 11.1 Å². The second-order valence-electron chi connectivity index (χ2n) is 7.10. The van der Waals surface area contributed by atoms with Crippen molar-refractivity contribution in [1.82, 2.24) is 15.3 Å². The molecular weight excluding hydrogens is 431 g/mol. The van der Waals surface area contributed by atoms with E-state index in [9.17, 15) is 21.6 Å². The molecule has 31 heavy (non-hydrogen) atoms. The Hall–Kier alpha value is -2.92. The highest BCUT2D eigenvalue weighted by atomic mass is 32.2. The van der Waals surface area contributed by atoms with Crippen LogP contribution < -0.4 is 14.5 Å². The maximum atomic E-state index is 13.2. The number of fused-ring (bicyclic) bond motifs is 1. The molecule has 3 aromatic rings. The number of para-hydroxylation sites is 1. The van der Waals surface area contributed by atoms with E-state index in [1.807, 2.05) is 4.90 Å². The average molecular weight is 451 g/mol. The lowest BCUT2D eigenvalue weighted by molar-refractivity contribution is -0.137. The van der Waals surface area contributed by atoms with Gasteiger partial charge in [-0.3, -0.25) is 4.31 Å². The molecule has 1 saturated heterocycles. The van der Waals surface area contributed by atoms with Crippen LogP contribution in [0.3, 0.4) is 0 Å².